The number of anilines is 2. The third-order valence-corrected chi connectivity index (χ3v) is 3.05. The van der Waals surface area contributed by atoms with Crippen molar-refractivity contribution in [2.45, 2.75) is 0 Å². The number of para-hydroxylation sites is 1. The van der Waals surface area contributed by atoms with Gasteiger partial charge < -0.3 is 10.8 Å². The molecule has 0 radical (unpaired) electrons. The molecule has 0 fully saturated rings. The quantitative estimate of drug-likeness (QED) is 0.822. The molecule has 4 heteroatoms. The van der Waals surface area contributed by atoms with E-state index < -0.39 is 6.03 Å². The maximum absolute atomic E-state index is 12.3. The number of hydrogen-bond acceptors (Lipinski definition) is 2. The molecular weight excluding hydrogens is 240 g/mol. The second-order valence-electron chi connectivity index (χ2n) is 4.23. The average Bonchev–Trinajstić information content (AvgIpc) is 2.70. The molecule has 19 heavy (non-hydrogen) atoms. The Hall–Kier alpha value is -2.75. The number of carbonyl (C=O) groups excluding carboxylic acids is 1. The van der Waals surface area contributed by atoms with E-state index in [9.17, 15) is 4.79 Å². The first kappa shape index (κ1) is 8.37. The van der Waals surface area contributed by atoms with Crippen LogP contribution in [0.25, 0.3) is 12.2 Å². The van der Waals surface area contributed by atoms with Gasteiger partial charge in [-0.05, 0) is 29.8 Å². The summed E-state index contributed by atoms with van der Waals surface area (Å²) in [7, 11) is 0. The first-order valence-corrected chi connectivity index (χ1v) is 5.78. The minimum atomic E-state index is -0.794. The maximum Gasteiger partial charge on any atom is 0.323 e. The highest BCUT2D eigenvalue weighted by atomic mass is 16.3. The van der Waals surface area contributed by atoms with Gasteiger partial charge in [0.05, 0.1) is 11.4 Å². The molecule has 1 aliphatic rings. The van der Waals surface area contributed by atoms with Crippen LogP contribution in [0.5, 0.6) is 5.75 Å². The van der Waals surface area contributed by atoms with Gasteiger partial charge in [-0.15, -0.1) is 0 Å². The lowest BCUT2D eigenvalue weighted by atomic mass is 10.1. The fourth-order valence-electron chi connectivity index (χ4n) is 2.22. The van der Waals surface area contributed by atoms with Gasteiger partial charge in [0, 0.05) is 5.56 Å². The van der Waals surface area contributed by atoms with E-state index in [0.717, 1.165) is 5.56 Å². The van der Waals surface area contributed by atoms with E-state index in [4.69, 9.17) is 4.25 Å². The van der Waals surface area contributed by atoms with Gasteiger partial charge in [0.1, 0.15) is 5.75 Å². The number of urea groups is 1. The van der Waals surface area contributed by atoms with Crippen molar-refractivity contribution in [3.05, 3.63) is 53.6 Å². The molecule has 0 saturated heterocycles. The molecule has 2 aromatic carbocycles. The number of hydrogen-bond donors (Lipinski definition) is 2. The fourth-order valence-corrected chi connectivity index (χ4v) is 2.22. The number of phenolic OH excluding ortho intramolecular Hbond substituents is 1. The molecule has 0 spiro atoms. The van der Waals surface area contributed by atoms with Gasteiger partial charge in [0.25, 0.3) is 1.43 Å². The van der Waals surface area contributed by atoms with Crippen molar-refractivity contribution >= 4 is 29.6 Å². The molecule has 3 rings (SSSR count). The Kier molecular flexibility index (Phi) is 1.84. The SMILES string of the molecule is [2H]Oc1ccc2c(c1)C=Cc1ccccc1N2C(=O)N([2H])[2H]. The molecule has 0 unspecified atom stereocenters. The van der Waals surface area contributed by atoms with Crippen molar-refractivity contribution in [2.24, 2.45) is 5.72 Å². The smallest absolute Gasteiger partial charge is 0.323 e. The summed E-state index contributed by atoms with van der Waals surface area (Å²) in [5, 5.41) is 4.47. The maximum atomic E-state index is 12.3. The molecule has 0 aliphatic carbocycles. The van der Waals surface area contributed by atoms with E-state index in [1.807, 2.05) is 24.3 Å². The monoisotopic (exact) mass is 255 g/mol. The van der Waals surface area contributed by atoms with Crippen LogP contribution < -0.4 is 10.6 Å². The molecule has 0 atom stereocenters. The number of nitrogens with zero attached hydrogens (tertiary/aromatic N) is 1. The number of fused-ring (bicyclic) bond motifs is 2. The van der Waals surface area contributed by atoms with Crippen molar-refractivity contribution in [3.63, 3.8) is 0 Å². The van der Waals surface area contributed by atoms with Crippen LogP contribution in [-0.4, -0.2) is 12.6 Å². The molecular formula is C15H12N2O2. The topological polar surface area (TPSA) is 66.6 Å². The predicted octanol–water partition coefficient (Wildman–Crippen LogP) is 3.09. The summed E-state index contributed by atoms with van der Waals surface area (Å²) in [5.74, 6) is 0.343. The van der Waals surface area contributed by atoms with Crippen LogP contribution in [0.3, 0.4) is 0 Å². The number of nitrogens with two attached hydrogens (primary N) is 1. The summed E-state index contributed by atoms with van der Waals surface area (Å²) in [6, 6.07) is 11.3. The predicted molar refractivity (Wildman–Crippen MR) is 75.2 cm³/mol. The van der Waals surface area contributed by atoms with Crippen molar-refractivity contribution in [1.29, 1.82) is 1.43 Å². The van der Waals surface area contributed by atoms with Gasteiger partial charge >= 0.3 is 6.03 Å². The Balaban J connectivity index is 2.24. The fraction of sp³-hybridized carbons (Fsp3) is 0. The highest BCUT2D eigenvalue weighted by Crippen LogP contribution is 2.37. The van der Waals surface area contributed by atoms with Crippen LogP contribution in [-0.2, 0) is 0 Å². The second kappa shape index (κ2) is 4.17. The van der Waals surface area contributed by atoms with E-state index >= 15 is 0 Å². The highest BCUT2D eigenvalue weighted by molar-refractivity contribution is 6.04. The van der Waals surface area contributed by atoms with E-state index in [1.54, 1.807) is 30.3 Å². The van der Waals surface area contributed by atoms with Crippen molar-refractivity contribution in [2.75, 3.05) is 4.90 Å². The Morgan fingerprint density at radius 3 is 2.79 bits per heavy atom. The minimum absolute atomic E-state index is 0.0424. The number of phenols is 1. The molecule has 2 aromatic rings. The lowest BCUT2D eigenvalue weighted by molar-refractivity contribution is 0.256. The van der Waals surface area contributed by atoms with E-state index in [0.29, 0.717) is 22.7 Å². The van der Waals surface area contributed by atoms with Gasteiger partial charge in [-0.2, -0.15) is 0 Å². The van der Waals surface area contributed by atoms with Gasteiger partial charge in [-0.25, -0.2) is 4.79 Å². The van der Waals surface area contributed by atoms with Gasteiger partial charge in [-0.3, -0.25) is 4.90 Å². The largest absolute Gasteiger partial charge is 0.508 e. The van der Waals surface area contributed by atoms with Crippen LogP contribution in [0, 0.1) is 0 Å². The highest BCUT2D eigenvalue weighted by Gasteiger charge is 2.21. The summed E-state index contributed by atoms with van der Waals surface area (Å²) in [6.07, 6.45) is 3.65. The zero-order valence-electron chi connectivity index (χ0n) is 12.9. The molecule has 0 aromatic heterocycles. The normalized spacial score (nSPS) is 14.3. The zero-order valence-corrected chi connectivity index (χ0v) is 9.91. The molecule has 0 bridgehead atoms. The van der Waals surface area contributed by atoms with Gasteiger partial charge in [-0.1, -0.05) is 30.4 Å². The molecule has 94 valence electrons. The second-order valence-corrected chi connectivity index (χ2v) is 4.23. The average molecular weight is 255 g/mol. The lowest BCUT2D eigenvalue weighted by Gasteiger charge is -2.22. The van der Waals surface area contributed by atoms with Gasteiger partial charge in [0.2, 0.25) is 0 Å². The zero-order chi connectivity index (χ0) is 15.7. The number of rotatable bonds is 1. The minimum Gasteiger partial charge on any atom is -0.508 e. The van der Waals surface area contributed by atoms with Crippen molar-refractivity contribution in [3.8, 4) is 5.75 Å². The van der Waals surface area contributed by atoms with Crippen molar-refractivity contribution in [1.82, 2.24) is 0 Å². The summed E-state index contributed by atoms with van der Waals surface area (Å²) in [6.45, 7) is 0. The standard InChI is InChI=1S/C15H12N2O2/c16-15(19)17-13-4-2-1-3-10(13)5-6-11-9-12(18)7-8-14(11)17/h1-9,18H,(H2,16,19)/i/hD3. The summed E-state index contributed by atoms with van der Waals surface area (Å²) < 4.78 is 21.5. The Morgan fingerprint density at radius 2 is 1.95 bits per heavy atom. The number of amides is 2. The first-order chi connectivity index (χ1) is 10.6. The first-order valence-electron chi connectivity index (χ1n) is 7.08. The lowest BCUT2D eigenvalue weighted by Crippen LogP contribution is -2.32. The van der Waals surface area contributed by atoms with Gasteiger partial charge in [0.15, 0.2) is 2.82 Å². The van der Waals surface area contributed by atoms with Crippen LogP contribution in [0.1, 0.15) is 11.1 Å². The molecule has 0 saturated carbocycles. The Morgan fingerprint density at radius 1 is 1.16 bits per heavy atom. The third-order valence-electron chi connectivity index (χ3n) is 3.05. The van der Waals surface area contributed by atoms with Crippen LogP contribution >= 0.6 is 0 Å². The van der Waals surface area contributed by atoms with Crippen LogP contribution in [0.15, 0.2) is 42.5 Å². The number of benzene rings is 2. The third kappa shape index (κ3) is 1.83. The molecule has 1 aliphatic heterocycles. The Labute approximate surface area is 114 Å². The van der Waals surface area contributed by atoms with E-state index in [1.165, 1.54) is 4.90 Å². The molecule has 3 N–H and O–H groups in total. The van der Waals surface area contributed by atoms with E-state index in [-0.39, 0.29) is 5.72 Å². The summed E-state index contributed by atoms with van der Waals surface area (Å²) in [5.41, 5.74) is 2.61. The summed E-state index contributed by atoms with van der Waals surface area (Å²) in [4.78, 5) is 13.6. The molecule has 2 amide bonds. The van der Waals surface area contributed by atoms with E-state index in [2.05, 4.69) is 5.11 Å². The molecule has 1 heterocycles. The van der Waals surface area contributed by atoms with Crippen LogP contribution in [0.2, 0.25) is 2.82 Å². The Bertz CT molecular complexity index is 762. The van der Waals surface area contributed by atoms with Crippen LogP contribution in [0.4, 0.5) is 16.2 Å². The summed E-state index contributed by atoms with van der Waals surface area (Å²) >= 11 is 0. The molecule has 4 nitrogen and oxygen atoms in total. The number of primary amides is 1. The number of carbonyl (C=O) groups is 1. The number of aromatic hydroxyl groups is 1. The van der Waals surface area contributed by atoms with Crippen molar-refractivity contribution < 1.29 is 12.7 Å².